The molecule has 4 rings (SSSR count). The first-order chi connectivity index (χ1) is 11.2. The van der Waals surface area contributed by atoms with E-state index in [1.165, 1.54) is 29.7 Å². The Morgan fingerprint density at radius 1 is 1.26 bits per heavy atom. The zero-order valence-corrected chi connectivity index (χ0v) is 13.1. The van der Waals surface area contributed by atoms with E-state index in [0.717, 1.165) is 13.0 Å². The van der Waals surface area contributed by atoms with Gasteiger partial charge in [0.05, 0.1) is 6.54 Å². The van der Waals surface area contributed by atoms with Crippen LogP contribution in [0.4, 0.5) is 4.39 Å². The van der Waals surface area contributed by atoms with Gasteiger partial charge in [0.2, 0.25) is 5.89 Å². The minimum atomic E-state index is -0.281. The minimum absolute atomic E-state index is 0.281. The van der Waals surface area contributed by atoms with Crippen LogP contribution in [-0.4, -0.2) is 16.4 Å². The highest BCUT2D eigenvalue weighted by atomic mass is 19.1. The van der Waals surface area contributed by atoms with Crippen LogP contribution >= 0.6 is 0 Å². The van der Waals surface area contributed by atoms with Crippen LogP contribution in [0.2, 0.25) is 0 Å². The summed E-state index contributed by atoms with van der Waals surface area (Å²) >= 11 is 0. The number of aromatic nitrogens is 1. The van der Waals surface area contributed by atoms with Gasteiger partial charge in [0, 0.05) is 12.1 Å². The molecule has 0 N–H and O–H groups in total. The summed E-state index contributed by atoms with van der Waals surface area (Å²) in [6.45, 7) is 3.82. The summed E-state index contributed by atoms with van der Waals surface area (Å²) in [7, 11) is 0. The lowest BCUT2D eigenvalue weighted by Gasteiger charge is -2.23. The number of oxazole rings is 1. The molecular weight excluding hydrogens is 291 g/mol. The second-order valence-electron chi connectivity index (χ2n) is 6.26. The summed E-state index contributed by atoms with van der Waals surface area (Å²) in [6.07, 6.45) is 2.33. The molecule has 0 radical (unpaired) electrons. The Kier molecular flexibility index (Phi) is 3.62. The molecule has 0 aliphatic carbocycles. The predicted molar refractivity (Wildman–Crippen MR) is 87.5 cm³/mol. The van der Waals surface area contributed by atoms with E-state index < -0.39 is 0 Å². The molecule has 1 aromatic heterocycles. The smallest absolute Gasteiger partial charge is 0.209 e. The third kappa shape index (κ3) is 2.86. The maximum absolute atomic E-state index is 13.3. The third-order valence-corrected chi connectivity index (χ3v) is 4.52. The van der Waals surface area contributed by atoms with Gasteiger partial charge in [-0.05, 0) is 44.0 Å². The molecule has 1 aliphatic rings. The molecule has 0 bridgehead atoms. The van der Waals surface area contributed by atoms with Crippen molar-refractivity contribution >= 4 is 11.1 Å². The van der Waals surface area contributed by atoms with E-state index in [9.17, 15) is 4.39 Å². The highest BCUT2D eigenvalue weighted by Crippen LogP contribution is 2.33. The lowest BCUT2D eigenvalue weighted by Crippen LogP contribution is -2.22. The summed E-state index contributed by atoms with van der Waals surface area (Å²) in [5.74, 6) is 0.376. The van der Waals surface area contributed by atoms with Crippen LogP contribution in [-0.2, 0) is 6.54 Å². The fourth-order valence-electron chi connectivity index (χ4n) is 3.46. The molecule has 0 unspecified atom stereocenters. The van der Waals surface area contributed by atoms with Crippen molar-refractivity contribution in [3.8, 4) is 0 Å². The molecular formula is C19H19FN2O. The van der Waals surface area contributed by atoms with E-state index in [2.05, 4.69) is 41.1 Å². The standard InChI is InChI=1S/C19H19FN2O/c1-13-4-2-5-14(10-13)17-6-3-9-22(17)12-19-21-16-11-15(20)7-8-18(16)23-19/h2,4-5,7-8,10-11,17H,3,6,9,12H2,1H3/t17-/m1/s1. The monoisotopic (exact) mass is 310 g/mol. The zero-order chi connectivity index (χ0) is 15.8. The van der Waals surface area contributed by atoms with Crippen molar-refractivity contribution in [1.82, 2.24) is 9.88 Å². The second-order valence-corrected chi connectivity index (χ2v) is 6.26. The summed E-state index contributed by atoms with van der Waals surface area (Å²) in [4.78, 5) is 6.83. The van der Waals surface area contributed by atoms with Gasteiger partial charge >= 0.3 is 0 Å². The molecule has 1 atom stereocenters. The summed E-state index contributed by atoms with van der Waals surface area (Å²) < 4.78 is 19.1. The fourth-order valence-corrected chi connectivity index (χ4v) is 3.46. The molecule has 2 heterocycles. The van der Waals surface area contributed by atoms with Gasteiger partial charge in [0.25, 0.3) is 0 Å². The van der Waals surface area contributed by atoms with Crippen molar-refractivity contribution < 1.29 is 8.81 Å². The molecule has 1 fully saturated rings. The molecule has 1 aliphatic heterocycles. The zero-order valence-electron chi connectivity index (χ0n) is 13.1. The number of hydrogen-bond acceptors (Lipinski definition) is 3. The number of aryl methyl sites for hydroxylation is 1. The van der Waals surface area contributed by atoms with E-state index in [-0.39, 0.29) is 5.82 Å². The molecule has 2 aromatic carbocycles. The van der Waals surface area contributed by atoms with E-state index in [0.29, 0.717) is 29.6 Å². The van der Waals surface area contributed by atoms with Crippen LogP contribution in [0, 0.1) is 12.7 Å². The first-order valence-electron chi connectivity index (χ1n) is 8.04. The topological polar surface area (TPSA) is 29.3 Å². The highest BCUT2D eigenvalue weighted by Gasteiger charge is 2.27. The van der Waals surface area contributed by atoms with Gasteiger partial charge in [-0.25, -0.2) is 9.37 Å². The van der Waals surface area contributed by atoms with Crippen LogP contribution in [0.1, 0.15) is 35.9 Å². The van der Waals surface area contributed by atoms with Gasteiger partial charge in [-0.3, -0.25) is 4.90 Å². The average molecular weight is 310 g/mol. The first kappa shape index (κ1) is 14.4. The fraction of sp³-hybridized carbons (Fsp3) is 0.316. The number of nitrogens with zero attached hydrogens (tertiary/aromatic N) is 2. The number of hydrogen-bond donors (Lipinski definition) is 0. The van der Waals surface area contributed by atoms with Gasteiger partial charge in [-0.2, -0.15) is 0 Å². The molecule has 3 aromatic rings. The molecule has 4 heteroatoms. The number of fused-ring (bicyclic) bond motifs is 1. The van der Waals surface area contributed by atoms with Gasteiger partial charge in [0.15, 0.2) is 5.58 Å². The lowest BCUT2D eigenvalue weighted by molar-refractivity contribution is 0.226. The minimum Gasteiger partial charge on any atom is -0.439 e. The van der Waals surface area contributed by atoms with Crippen LogP contribution in [0.15, 0.2) is 46.9 Å². The molecule has 0 amide bonds. The molecule has 118 valence electrons. The molecule has 0 spiro atoms. The summed E-state index contributed by atoms with van der Waals surface area (Å²) in [5.41, 5.74) is 3.87. The Morgan fingerprint density at radius 2 is 2.17 bits per heavy atom. The largest absolute Gasteiger partial charge is 0.439 e. The Balaban J connectivity index is 1.58. The highest BCUT2D eigenvalue weighted by molar-refractivity contribution is 5.72. The Labute approximate surface area is 134 Å². The van der Waals surface area contributed by atoms with Crippen molar-refractivity contribution in [1.29, 1.82) is 0 Å². The van der Waals surface area contributed by atoms with Crippen LogP contribution < -0.4 is 0 Å². The lowest BCUT2D eigenvalue weighted by atomic mass is 10.0. The van der Waals surface area contributed by atoms with Crippen molar-refractivity contribution in [2.75, 3.05) is 6.54 Å². The van der Waals surface area contributed by atoms with Crippen molar-refractivity contribution in [2.24, 2.45) is 0 Å². The van der Waals surface area contributed by atoms with Crippen LogP contribution in [0.5, 0.6) is 0 Å². The van der Waals surface area contributed by atoms with E-state index in [1.54, 1.807) is 6.07 Å². The van der Waals surface area contributed by atoms with Gasteiger partial charge < -0.3 is 4.42 Å². The van der Waals surface area contributed by atoms with Gasteiger partial charge in [0.1, 0.15) is 11.3 Å². The predicted octanol–water partition coefficient (Wildman–Crippen LogP) is 4.61. The second kappa shape index (κ2) is 5.78. The number of rotatable bonds is 3. The normalized spacial score (nSPS) is 18.8. The van der Waals surface area contributed by atoms with Crippen LogP contribution in [0.25, 0.3) is 11.1 Å². The average Bonchev–Trinajstić information content (AvgIpc) is 3.13. The first-order valence-corrected chi connectivity index (χ1v) is 8.04. The summed E-state index contributed by atoms with van der Waals surface area (Å²) in [5, 5.41) is 0. The summed E-state index contributed by atoms with van der Waals surface area (Å²) in [6, 6.07) is 13.6. The molecule has 23 heavy (non-hydrogen) atoms. The van der Waals surface area contributed by atoms with Crippen LogP contribution in [0.3, 0.4) is 0 Å². The molecule has 3 nitrogen and oxygen atoms in total. The third-order valence-electron chi connectivity index (χ3n) is 4.52. The Hall–Kier alpha value is -2.20. The number of likely N-dealkylation sites (tertiary alicyclic amines) is 1. The SMILES string of the molecule is Cc1cccc([C@H]2CCCN2Cc2nc3cc(F)ccc3o2)c1. The van der Waals surface area contributed by atoms with Crippen molar-refractivity contribution in [2.45, 2.75) is 32.4 Å². The van der Waals surface area contributed by atoms with Crippen molar-refractivity contribution in [3.63, 3.8) is 0 Å². The van der Waals surface area contributed by atoms with Gasteiger partial charge in [-0.1, -0.05) is 29.8 Å². The Bertz CT molecular complexity index is 842. The Morgan fingerprint density at radius 3 is 3.04 bits per heavy atom. The van der Waals surface area contributed by atoms with E-state index in [4.69, 9.17) is 4.42 Å². The maximum Gasteiger partial charge on any atom is 0.209 e. The van der Waals surface area contributed by atoms with E-state index >= 15 is 0 Å². The number of halogens is 1. The maximum atomic E-state index is 13.3. The van der Waals surface area contributed by atoms with E-state index in [1.807, 2.05) is 0 Å². The van der Waals surface area contributed by atoms with Crippen molar-refractivity contribution in [3.05, 3.63) is 65.3 Å². The quantitative estimate of drug-likeness (QED) is 0.707. The van der Waals surface area contributed by atoms with Gasteiger partial charge in [-0.15, -0.1) is 0 Å². The molecule has 0 saturated carbocycles. The number of benzene rings is 2. The molecule has 1 saturated heterocycles.